The van der Waals surface area contributed by atoms with E-state index in [9.17, 15) is 9.18 Å². The average Bonchev–Trinajstić information content (AvgIpc) is 3.05. The van der Waals surface area contributed by atoms with Gasteiger partial charge in [0, 0.05) is 16.5 Å². The Morgan fingerprint density at radius 2 is 1.91 bits per heavy atom. The summed E-state index contributed by atoms with van der Waals surface area (Å²) in [5.41, 5.74) is 3.21. The van der Waals surface area contributed by atoms with Crippen LogP contribution >= 0.6 is 11.3 Å². The predicted molar refractivity (Wildman–Crippen MR) is 87.1 cm³/mol. The first-order valence-corrected chi connectivity index (χ1v) is 7.85. The highest BCUT2D eigenvalue weighted by Gasteiger charge is 2.17. The Bertz CT molecular complexity index is 890. The van der Waals surface area contributed by atoms with Gasteiger partial charge in [0.1, 0.15) is 16.6 Å². The van der Waals surface area contributed by atoms with E-state index in [0.29, 0.717) is 11.4 Å². The number of aromatic nitrogens is 1. The van der Waals surface area contributed by atoms with Gasteiger partial charge in [-0.2, -0.15) is 0 Å². The zero-order valence-corrected chi connectivity index (χ0v) is 12.7. The van der Waals surface area contributed by atoms with Gasteiger partial charge < -0.3 is 10.1 Å². The highest BCUT2D eigenvalue weighted by Crippen LogP contribution is 2.34. The molecule has 0 spiro atoms. The predicted octanol–water partition coefficient (Wildman–Crippen LogP) is 3.95. The molecule has 0 bridgehead atoms. The molecule has 114 valence electrons. The van der Waals surface area contributed by atoms with E-state index < -0.39 is 0 Å². The first kappa shape index (κ1) is 13.9. The van der Waals surface area contributed by atoms with Crippen molar-refractivity contribution in [2.45, 2.75) is 0 Å². The molecule has 1 N–H and O–H groups in total. The molecule has 0 fully saturated rings. The largest absolute Gasteiger partial charge is 0.482 e. The number of nitrogens with one attached hydrogen (secondary N) is 1. The monoisotopic (exact) mass is 326 g/mol. The van der Waals surface area contributed by atoms with Crippen LogP contribution in [0.3, 0.4) is 0 Å². The number of thiazole rings is 1. The summed E-state index contributed by atoms with van der Waals surface area (Å²) in [4.78, 5) is 16.0. The van der Waals surface area contributed by atoms with Crippen LogP contribution in [-0.2, 0) is 4.79 Å². The third kappa shape index (κ3) is 2.68. The van der Waals surface area contributed by atoms with E-state index >= 15 is 0 Å². The molecule has 1 aliphatic rings. The lowest BCUT2D eigenvalue weighted by molar-refractivity contribution is -0.118. The van der Waals surface area contributed by atoms with Crippen LogP contribution in [0.1, 0.15) is 0 Å². The summed E-state index contributed by atoms with van der Waals surface area (Å²) < 4.78 is 18.3. The van der Waals surface area contributed by atoms with Crippen LogP contribution in [0, 0.1) is 5.82 Å². The summed E-state index contributed by atoms with van der Waals surface area (Å²) in [6.45, 7) is 0.0394. The molecule has 0 saturated heterocycles. The van der Waals surface area contributed by atoms with Gasteiger partial charge in [-0.25, -0.2) is 9.37 Å². The molecule has 0 unspecified atom stereocenters. The van der Waals surface area contributed by atoms with Crippen molar-refractivity contribution in [2.24, 2.45) is 0 Å². The van der Waals surface area contributed by atoms with Gasteiger partial charge in [0.25, 0.3) is 5.91 Å². The number of ether oxygens (including phenoxy) is 1. The molecular weight excluding hydrogens is 315 g/mol. The van der Waals surface area contributed by atoms with Crippen LogP contribution in [0.15, 0.2) is 47.8 Å². The van der Waals surface area contributed by atoms with E-state index in [-0.39, 0.29) is 18.3 Å². The van der Waals surface area contributed by atoms with E-state index in [2.05, 4.69) is 10.3 Å². The van der Waals surface area contributed by atoms with Crippen molar-refractivity contribution in [3.8, 4) is 27.6 Å². The molecule has 4 rings (SSSR count). The first-order chi connectivity index (χ1) is 11.2. The number of halogens is 1. The second-order valence-corrected chi connectivity index (χ2v) is 5.95. The van der Waals surface area contributed by atoms with Crippen molar-refractivity contribution in [2.75, 3.05) is 11.9 Å². The SMILES string of the molecule is O=C1COc2ccc(-c3csc(-c4ccc(F)cc4)n3)cc2N1. The van der Waals surface area contributed by atoms with Gasteiger partial charge in [0.05, 0.1) is 11.4 Å². The summed E-state index contributed by atoms with van der Waals surface area (Å²) in [7, 11) is 0. The maximum atomic E-state index is 13.0. The summed E-state index contributed by atoms with van der Waals surface area (Å²) in [6.07, 6.45) is 0. The number of hydrogen-bond donors (Lipinski definition) is 1. The normalized spacial score (nSPS) is 13.2. The Morgan fingerprint density at radius 1 is 1.13 bits per heavy atom. The van der Waals surface area contributed by atoms with Crippen molar-refractivity contribution in [3.05, 3.63) is 53.7 Å². The molecule has 0 radical (unpaired) electrons. The van der Waals surface area contributed by atoms with E-state index in [1.54, 1.807) is 12.1 Å². The van der Waals surface area contributed by atoms with Crippen LogP contribution in [-0.4, -0.2) is 17.5 Å². The molecule has 2 heterocycles. The minimum atomic E-state index is -0.268. The average molecular weight is 326 g/mol. The maximum Gasteiger partial charge on any atom is 0.262 e. The molecule has 2 aromatic carbocycles. The number of carbonyl (C=O) groups is 1. The Hall–Kier alpha value is -2.73. The lowest BCUT2D eigenvalue weighted by Crippen LogP contribution is -2.25. The number of benzene rings is 2. The van der Waals surface area contributed by atoms with E-state index in [0.717, 1.165) is 21.8 Å². The number of hydrogen-bond acceptors (Lipinski definition) is 4. The fourth-order valence-corrected chi connectivity index (χ4v) is 3.21. The van der Waals surface area contributed by atoms with Gasteiger partial charge in [-0.15, -0.1) is 11.3 Å². The number of nitrogens with zero attached hydrogens (tertiary/aromatic N) is 1. The van der Waals surface area contributed by atoms with E-state index in [1.165, 1.54) is 23.5 Å². The van der Waals surface area contributed by atoms with Crippen molar-refractivity contribution in [1.82, 2.24) is 4.98 Å². The molecule has 4 nitrogen and oxygen atoms in total. The van der Waals surface area contributed by atoms with Crippen LogP contribution in [0.4, 0.5) is 10.1 Å². The van der Waals surface area contributed by atoms with Gasteiger partial charge in [-0.1, -0.05) is 0 Å². The Labute approximate surface area is 135 Å². The zero-order valence-electron chi connectivity index (χ0n) is 11.9. The number of carbonyl (C=O) groups excluding carboxylic acids is 1. The highest BCUT2D eigenvalue weighted by molar-refractivity contribution is 7.13. The van der Waals surface area contributed by atoms with Crippen LogP contribution < -0.4 is 10.1 Å². The Balaban J connectivity index is 1.68. The molecular formula is C17H11FN2O2S. The third-order valence-corrected chi connectivity index (χ3v) is 4.39. The van der Waals surface area contributed by atoms with Crippen molar-refractivity contribution < 1.29 is 13.9 Å². The molecule has 0 aliphatic carbocycles. The van der Waals surface area contributed by atoms with E-state index in [1.807, 2.05) is 23.6 Å². The molecule has 0 saturated carbocycles. The van der Waals surface area contributed by atoms with Crippen molar-refractivity contribution >= 4 is 22.9 Å². The standard InChI is InChI=1S/C17H11FN2O2S/c18-12-4-1-10(2-5-12)17-20-14(9-23-17)11-3-6-15-13(7-11)19-16(21)8-22-15/h1-7,9H,8H2,(H,19,21). The molecule has 1 aliphatic heterocycles. The lowest BCUT2D eigenvalue weighted by atomic mass is 10.1. The highest BCUT2D eigenvalue weighted by atomic mass is 32.1. The smallest absolute Gasteiger partial charge is 0.262 e. The molecule has 23 heavy (non-hydrogen) atoms. The van der Waals surface area contributed by atoms with E-state index in [4.69, 9.17) is 4.74 Å². The topological polar surface area (TPSA) is 51.2 Å². The second kappa shape index (κ2) is 5.48. The van der Waals surface area contributed by atoms with Gasteiger partial charge in [-0.3, -0.25) is 4.79 Å². The number of fused-ring (bicyclic) bond motifs is 1. The number of amides is 1. The van der Waals surface area contributed by atoms with Crippen molar-refractivity contribution in [3.63, 3.8) is 0 Å². The summed E-state index contributed by atoms with van der Waals surface area (Å²) in [6, 6.07) is 11.8. The van der Waals surface area contributed by atoms with Gasteiger partial charge >= 0.3 is 0 Å². The van der Waals surface area contributed by atoms with Gasteiger partial charge in [-0.05, 0) is 42.5 Å². The maximum absolute atomic E-state index is 13.0. The molecule has 6 heteroatoms. The second-order valence-electron chi connectivity index (χ2n) is 5.09. The zero-order chi connectivity index (χ0) is 15.8. The quantitative estimate of drug-likeness (QED) is 0.776. The van der Waals surface area contributed by atoms with Crippen LogP contribution in [0.25, 0.3) is 21.8 Å². The third-order valence-electron chi connectivity index (χ3n) is 3.50. The Morgan fingerprint density at radius 3 is 2.74 bits per heavy atom. The molecule has 0 atom stereocenters. The first-order valence-electron chi connectivity index (χ1n) is 6.97. The fourth-order valence-electron chi connectivity index (χ4n) is 2.37. The number of anilines is 1. The molecule has 1 amide bonds. The molecule has 1 aromatic heterocycles. The Kier molecular flexibility index (Phi) is 3.31. The molecule has 3 aromatic rings. The minimum absolute atomic E-state index is 0.0394. The summed E-state index contributed by atoms with van der Waals surface area (Å²) in [5.74, 6) is 0.221. The van der Waals surface area contributed by atoms with Gasteiger partial charge in [0.15, 0.2) is 6.61 Å². The number of rotatable bonds is 2. The summed E-state index contributed by atoms with van der Waals surface area (Å²) >= 11 is 1.49. The fraction of sp³-hybridized carbons (Fsp3) is 0.0588. The minimum Gasteiger partial charge on any atom is -0.482 e. The van der Waals surface area contributed by atoms with Crippen LogP contribution in [0.2, 0.25) is 0 Å². The lowest BCUT2D eigenvalue weighted by Gasteiger charge is -2.18. The van der Waals surface area contributed by atoms with Gasteiger partial charge in [0.2, 0.25) is 0 Å². The summed E-state index contributed by atoms with van der Waals surface area (Å²) in [5, 5.41) is 5.54. The van der Waals surface area contributed by atoms with Crippen LogP contribution in [0.5, 0.6) is 5.75 Å². The van der Waals surface area contributed by atoms with Crippen molar-refractivity contribution in [1.29, 1.82) is 0 Å².